The number of rotatable bonds is 7. The summed E-state index contributed by atoms with van der Waals surface area (Å²) in [5.41, 5.74) is 9.46. The Labute approximate surface area is 127 Å². The molecular formula is C12H22N6O2S. The van der Waals surface area contributed by atoms with E-state index in [9.17, 15) is 9.59 Å². The van der Waals surface area contributed by atoms with Gasteiger partial charge in [-0.15, -0.1) is 11.3 Å². The summed E-state index contributed by atoms with van der Waals surface area (Å²) >= 11 is 1.25. The van der Waals surface area contributed by atoms with Gasteiger partial charge < -0.3 is 5.73 Å². The molecule has 8 nitrogen and oxygen atoms in total. The molecule has 2 amide bonds. The summed E-state index contributed by atoms with van der Waals surface area (Å²) in [6.07, 6.45) is 0.839. The third-order valence-corrected chi connectivity index (χ3v) is 3.95. The second kappa shape index (κ2) is 7.34. The van der Waals surface area contributed by atoms with Crippen molar-refractivity contribution in [2.45, 2.75) is 38.5 Å². The van der Waals surface area contributed by atoms with E-state index in [4.69, 9.17) is 17.4 Å². The molecule has 1 aromatic rings. The fraction of sp³-hybridized carbons (Fsp3) is 0.583. The number of nitrogens with one attached hydrogen (secondary N) is 2. The van der Waals surface area contributed by atoms with Crippen LogP contribution in [0.25, 0.3) is 0 Å². The van der Waals surface area contributed by atoms with Gasteiger partial charge in [0.1, 0.15) is 0 Å². The number of hydrazine groups is 2. The molecule has 1 rings (SSSR count). The van der Waals surface area contributed by atoms with Crippen molar-refractivity contribution in [3.63, 3.8) is 0 Å². The number of thiazole rings is 1. The number of carbonyl (C=O) groups is 2. The number of anilines is 1. The molecule has 0 fully saturated rings. The van der Waals surface area contributed by atoms with Gasteiger partial charge in [-0.25, -0.2) is 16.7 Å². The normalized spacial score (nSPS) is 13.8. The van der Waals surface area contributed by atoms with Crippen molar-refractivity contribution in [1.82, 2.24) is 15.8 Å². The van der Waals surface area contributed by atoms with Crippen LogP contribution in [0.15, 0.2) is 5.38 Å². The molecule has 0 aliphatic heterocycles. The quantitative estimate of drug-likeness (QED) is 0.266. The number of aromatic nitrogens is 1. The molecule has 21 heavy (non-hydrogen) atoms. The molecule has 1 unspecified atom stereocenters. The molecule has 0 saturated carbocycles. The lowest BCUT2D eigenvalue weighted by molar-refractivity contribution is -0.128. The Morgan fingerprint density at radius 1 is 1.38 bits per heavy atom. The molecule has 1 aromatic heterocycles. The zero-order chi connectivity index (χ0) is 16.0. The topological polar surface area (TPSA) is 149 Å². The molecular weight excluding hydrogens is 292 g/mol. The van der Waals surface area contributed by atoms with E-state index < -0.39 is 5.41 Å². The Bertz CT molecular complexity index is 504. The van der Waals surface area contributed by atoms with Gasteiger partial charge in [-0.3, -0.25) is 20.4 Å². The lowest BCUT2D eigenvalue weighted by Gasteiger charge is -2.31. The maximum atomic E-state index is 12.4. The number of carbonyl (C=O) groups excluding carboxylic acids is 2. The molecule has 1 heterocycles. The highest BCUT2D eigenvalue weighted by Gasteiger charge is 2.42. The largest absolute Gasteiger partial charge is 0.375 e. The highest BCUT2D eigenvalue weighted by molar-refractivity contribution is 7.13. The minimum atomic E-state index is -0.996. The van der Waals surface area contributed by atoms with Gasteiger partial charge in [-0.1, -0.05) is 13.8 Å². The van der Waals surface area contributed by atoms with Crippen LogP contribution < -0.4 is 28.3 Å². The van der Waals surface area contributed by atoms with Crippen LogP contribution in [0.5, 0.6) is 0 Å². The summed E-state index contributed by atoms with van der Waals surface area (Å²) in [7, 11) is 0. The Morgan fingerprint density at radius 2 is 2.05 bits per heavy atom. The molecule has 0 saturated heterocycles. The standard InChI is InChI=1S/C12H22N6O2S/c1-7(2)5-12(10(20)18-15,4-3-9(19)17-14)8-6-21-11(13)16-8/h6-7H,3-5,14-15H2,1-2H3,(H2,13,16)(H,17,19)(H,18,20). The van der Waals surface area contributed by atoms with Crippen LogP contribution in [0.3, 0.4) is 0 Å². The van der Waals surface area contributed by atoms with Crippen molar-refractivity contribution in [2.24, 2.45) is 17.6 Å². The maximum Gasteiger partial charge on any atom is 0.246 e. The van der Waals surface area contributed by atoms with E-state index in [-0.39, 0.29) is 30.6 Å². The lowest BCUT2D eigenvalue weighted by atomic mass is 9.73. The van der Waals surface area contributed by atoms with Gasteiger partial charge in [0.15, 0.2) is 5.13 Å². The average Bonchev–Trinajstić information content (AvgIpc) is 2.88. The highest BCUT2D eigenvalue weighted by Crippen LogP contribution is 2.37. The Hall–Kier alpha value is -1.71. The zero-order valence-corrected chi connectivity index (χ0v) is 13.0. The number of amides is 2. The van der Waals surface area contributed by atoms with Crippen molar-refractivity contribution >= 4 is 28.3 Å². The van der Waals surface area contributed by atoms with E-state index >= 15 is 0 Å². The second-order valence-corrected chi connectivity index (χ2v) is 6.18. The van der Waals surface area contributed by atoms with Crippen LogP contribution in [0.2, 0.25) is 0 Å². The monoisotopic (exact) mass is 314 g/mol. The number of hydrogen-bond donors (Lipinski definition) is 5. The fourth-order valence-electron chi connectivity index (χ4n) is 2.40. The first-order valence-electron chi connectivity index (χ1n) is 6.57. The molecule has 9 heteroatoms. The van der Waals surface area contributed by atoms with Crippen LogP contribution in [0.4, 0.5) is 5.13 Å². The Balaban J connectivity index is 3.20. The molecule has 8 N–H and O–H groups in total. The van der Waals surface area contributed by atoms with E-state index in [1.165, 1.54) is 11.3 Å². The predicted molar refractivity (Wildman–Crippen MR) is 81.6 cm³/mol. The van der Waals surface area contributed by atoms with E-state index in [2.05, 4.69) is 15.8 Å². The summed E-state index contributed by atoms with van der Waals surface area (Å²) in [5.74, 6) is 9.90. The van der Waals surface area contributed by atoms with E-state index in [1.54, 1.807) is 5.38 Å². The summed E-state index contributed by atoms with van der Waals surface area (Å²) in [5, 5.41) is 2.10. The maximum absolute atomic E-state index is 12.4. The van der Waals surface area contributed by atoms with Gasteiger partial charge in [0.2, 0.25) is 11.8 Å². The van der Waals surface area contributed by atoms with E-state index in [0.29, 0.717) is 17.2 Å². The highest BCUT2D eigenvalue weighted by atomic mass is 32.1. The van der Waals surface area contributed by atoms with Crippen molar-refractivity contribution < 1.29 is 9.59 Å². The molecule has 0 aliphatic rings. The molecule has 0 bridgehead atoms. The SMILES string of the molecule is CC(C)CC(CCC(=O)NN)(C(=O)NN)c1csc(N)n1. The van der Waals surface area contributed by atoms with Gasteiger partial charge in [-0.2, -0.15) is 0 Å². The van der Waals surface area contributed by atoms with Crippen molar-refractivity contribution in [3.8, 4) is 0 Å². The minimum absolute atomic E-state index is 0.0913. The van der Waals surface area contributed by atoms with Crippen LogP contribution in [0.1, 0.15) is 38.8 Å². The molecule has 0 spiro atoms. The smallest absolute Gasteiger partial charge is 0.246 e. The molecule has 1 atom stereocenters. The predicted octanol–water partition coefficient (Wildman–Crippen LogP) is -0.231. The molecule has 0 aromatic carbocycles. The van der Waals surface area contributed by atoms with Crippen LogP contribution in [-0.2, 0) is 15.0 Å². The number of nitrogen functional groups attached to an aromatic ring is 1. The number of nitrogens with two attached hydrogens (primary N) is 3. The van der Waals surface area contributed by atoms with Crippen LogP contribution >= 0.6 is 11.3 Å². The van der Waals surface area contributed by atoms with Gasteiger partial charge in [0.05, 0.1) is 11.1 Å². The van der Waals surface area contributed by atoms with E-state index in [1.807, 2.05) is 13.8 Å². The summed E-state index contributed by atoms with van der Waals surface area (Å²) < 4.78 is 0. The average molecular weight is 314 g/mol. The minimum Gasteiger partial charge on any atom is -0.375 e. The molecule has 118 valence electrons. The summed E-state index contributed by atoms with van der Waals surface area (Å²) in [6.45, 7) is 3.97. The number of nitrogens with zero attached hydrogens (tertiary/aromatic N) is 1. The van der Waals surface area contributed by atoms with Crippen molar-refractivity contribution in [1.29, 1.82) is 0 Å². The van der Waals surface area contributed by atoms with Crippen molar-refractivity contribution in [2.75, 3.05) is 5.73 Å². The van der Waals surface area contributed by atoms with Gasteiger partial charge in [0.25, 0.3) is 0 Å². The summed E-state index contributed by atoms with van der Waals surface area (Å²) in [4.78, 5) is 28.1. The third kappa shape index (κ3) is 4.13. The van der Waals surface area contributed by atoms with Gasteiger partial charge in [-0.05, 0) is 18.8 Å². The fourth-order valence-corrected chi connectivity index (χ4v) is 3.06. The first kappa shape index (κ1) is 17.3. The van der Waals surface area contributed by atoms with Crippen LogP contribution in [-0.4, -0.2) is 16.8 Å². The second-order valence-electron chi connectivity index (χ2n) is 5.29. The first-order chi connectivity index (χ1) is 9.85. The Morgan fingerprint density at radius 3 is 2.48 bits per heavy atom. The first-order valence-corrected chi connectivity index (χ1v) is 7.45. The Kier molecular flexibility index (Phi) is 6.06. The molecule has 0 aliphatic carbocycles. The lowest BCUT2D eigenvalue weighted by Crippen LogP contribution is -2.49. The van der Waals surface area contributed by atoms with E-state index in [0.717, 1.165) is 0 Å². The number of hydrogen-bond acceptors (Lipinski definition) is 7. The zero-order valence-electron chi connectivity index (χ0n) is 12.2. The van der Waals surface area contributed by atoms with Gasteiger partial charge >= 0.3 is 0 Å². The third-order valence-electron chi connectivity index (χ3n) is 3.27. The molecule has 0 radical (unpaired) electrons. The van der Waals surface area contributed by atoms with Crippen LogP contribution in [0, 0.1) is 5.92 Å². The summed E-state index contributed by atoms with van der Waals surface area (Å²) in [6, 6.07) is 0. The van der Waals surface area contributed by atoms with Crippen molar-refractivity contribution in [3.05, 3.63) is 11.1 Å². The van der Waals surface area contributed by atoms with Gasteiger partial charge in [0, 0.05) is 11.8 Å².